The van der Waals surface area contributed by atoms with Gasteiger partial charge in [0.25, 0.3) is 0 Å². The molecule has 2 heterocycles. The Labute approximate surface area is 113 Å². The Kier molecular flexibility index (Phi) is 3.87. The van der Waals surface area contributed by atoms with Gasteiger partial charge < -0.3 is 9.47 Å². The lowest BCUT2D eigenvalue weighted by molar-refractivity contribution is -0.134. The molecule has 0 aromatic rings. The van der Waals surface area contributed by atoms with Gasteiger partial charge in [-0.3, -0.25) is 0 Å². The van der Waals surface area contributed by atoms with Crippen molar-refractivity contribution in [2.24, 2.45) is 0 Å². The van der Waals surface area contributed by atoms with Crippen LogP contribution in [0.4, 0.5) is 0 Å². The fraction of sp³-hybridized carbons (Fsp3) is 1.00. The monoisotopic (exact) mass is 338 g/mol. The molecule has 0 spiro atoms. The van der Waals surface area contributed by atoms with Crippen molar-refractivity contribution < 1.29 is 9.47 Å². The van der Waals surface area contributed by atoms with Gasteiger partial charge in [-0.05, 0) is 39.0 Å². The summed E-state index contributed by atoms with van der Waals surface area (Å²) in [5, 5.41) is 0. The minimum Gasteiger partial charge on any atom is -0.373 e. The smallest absolute Gasteiger partial charge is 0.0916 e. The van der Waals surface area contributed by atoms with Gasteiger partial charge in [-0.15, -0.1) is 0 Å². The molecule has 2 saturated heterocycles. The molecule has 0 saturated carbocycles. The van der Waals surface area contributed by atoms with Crippen LogP contribution in [0.15, 0.2) is 0 Å². The molecule has 2 aliphatic rings. The molecule has 0 aromatic heterocycles. The zero-order chi connectivity index (χ0) is 11.8. The van der Waals surface area contributed by atoms with E-state index in [2.05, 4.69) is 43.4 Å². The number of halogens is 1. The highest BCUT2D eigenvalue weighted by atomic mass is 127. The van der Waals surface area contributed by atoms with Crippen LogP contribution in [0.25, 0.3) is 0 Å². The van der Waals surface area contributed by atoms with Gasteiger partial charge in [0, 0.05) is 10.5 Å². The Balaban J connectivity index is 2.06. The fourth-order valence-electron chi connectivity index (χ4n) is 3.10. The van der Waals surface area contributed by atoms with Gasteiger partial charge in [-0.25, -0.2) is 0 Å². The van der Waals surface area contributed by atoms with Crippen molar-refractivity contribution >= 4 is 22.6 Å². The van der Waals surface area contributed by atoms with Crippen LogP contribution in [-0.2, 0) is 9.47 Å². The molecule has 0 radical (unpaired) electrons. The lowest BCUT2D eigenvalue weighted by Gasteiger charge is -2.36. The highest BCUT2D eigenvalue weighted by Crippen LogP contribution is 2.45. The lowest BCUT2D eigenvalue weighted by Crippen LogP contribution is -2.43. The maximum atomic E-state index is 6.41. The third kappa shape index (κ3) is 2.15. The van der Waals surface area contributed by atoms with Crippen molar-refractivity contribution in [3.63, 3.8) is 0 Å². The third-order valence-electron chi connectivity index (χ3n) is 4.46. The zero-order valence-electron chi connectivity index (χ0n) is 10.6. The zero-order valence-corrected chi connectivity index (χ0v) is 12.7. The van der Waals surface area contributed by atoms with Crippen LogP contribution < -0.4 is 0 Å². The summed E-state index contributed by atoms with van der Waals surface area (Å²) in [4.78, 5) is 0. The molecule has 94 valence electrons. The van der Waals surface area contributed by atoms with Crippen LogP contribution >= 0.6 is 22.6 Å². The molecule has 0 unspecified atom stereocenters. The molecule has 16 heavy (non-hydrogen) atoms. The molecule has 0 bridgehead atoms. The molecule has 2 nitrogen and oxygen atoms in total. The molecule has 0 amide bonds. The van der Waals surface area contributed by atoms with E-state index in [1.165, 1.54) is 12.8 Å². The van der Waals surface area contributed by atoms with Gasteiger partial charge in [0.2, 0.25) is 0 Å². The Morgan fingerprint density at radius 3 is 2.62 bits per heavy atom. The lowest BCUT2D eigenvalue weighted by atomic mass is 9.90. The molecular weight excluding hydrogens is 315 g/mol. The third-order valence-corrected chi connectivity index (χ3v) is 5.60. The van der Waals surface area contributed by atoms with E-state index in [0.29, 0.717) is 10.0 Å². The number of hydrogen-bond donors (Lipinski definition) is 0. The Morgan fingerprint density at radius 2 is 2.19 bits per heavy atom. The van der Waals surface area contributed by atoms with E-state index in [-0.39, 0.29) is 11.2 Å². The highest BCUT2D eigenvalue weighted by molar-refractivity contribution is 14.1. The fourth-order valence-corrected chi connectivity index (χ4v) is 3.99. The van der Waals surface area contributed by atoms with Crippen LogP contribution in [0.3, 0.4) is 0 Å². The van der Waals surface area contributed by atoms with Gasteiger partial charge in [0.1, 0.15) is 0 Å². The van der Waals surface area contributed by atoms with Crippen LogP contribution in [0.2, 0.25) is 0 Å². The van der Waals surface area contributed by atoms with Crippen molar-refractivity contribution in [2.75, 3.05) is 6.61 Å². The summed E-state index contributed by atoms with van der Waals surface area (Å²) in [6, 6.07) is 0. The first-order valence-electron chi connectivity index (χ1n) is 6.48. The van der Waals surface area contributed by atoms with E-state index in [4.69, 9.17) is 9.47 Å². The number of hydrogen-bond acceptors (Lipinski definition) is 2. The topological polar surface area (TPSA) is 18.5 Å². The highest BCUT2D eigenvalue weighted by Gasteiger charge is 2.50. The molecule has 4 atom stereocenters. The van der Waals surface area contributed by atoms with Crippen LogP contribution in [0, 0.1) is 0 Å². The predicted molar refractivity (Wildman–Crippen MR) is 74.2 cm³/mol. The molecular formula is C13H23IO2. The average molecular weight is 338 g/mol. The van der Waals surface area contributed by atoms with Crippen molar-refractivity contribution in [1.82, 2.24) is 0 Å². The van der Waals surface area contributed by atoms with Crippen LogP contribution in [-0.4, -0.2) is 27.8 Å². The van der Waals surface area contributed by atoms with Crippen LogP contribution in [0.1, 0.15) is 52.9 Å². The van der Waals surface area contributed by atoms with Gasteiger partial charge >= 0.3 is 0 Å². The second-order valence-electron chi connectivity index (χ2n) is 5.44. The first kappa shape index (κ1) is 13.1. The van der Waals surface area contributed by atoms with E-state index in [1.807, 2.05) is 0 Å². The second-order valence-corrected chi connectivity index (χ2v) is 7.31. The first-order chi connectivity index (χ1) is 7.52. The number of alkyl halides is 1. The summed E-state index contributed by atoms with van der Waals surface area (Å²) in [5.74, 6) is 0. The van der Waals surface area contributed by atoms with Crippen molar-refractivity contribution in [2.45, 2.75) is 74.1 Å². The van der Waals surface area contributed by atoms with Crippen molar-refractivity contribution in [3.05, 3.63) is 0 Å². The number of rotatable bonds is 3. The summed E-state index contributed by atoms with van der Waals surface area (Å²) in [7, 11) is 0. The van der Waals surface area contributed by atoms with E-state index in [1.54, 1.807) is 0 Å². The predicted octanol–water partition coefficient (Wildman–Crippen LogP) is 3.71. The maximum Gasteiger partial charge on any atom is 0.0916 e. The number of ether oxygens (including phenoxy) is 2. The Morgan fingerprint density at radius 1 is 1.44 bits per heavy atom. The first-order valence-corrected chi connectivity index (χ1v) is 7.73. The van der Waals surface area contributed by atoms with Gasteiger partial charge in [0.15, 0.2) is 0 Å². The van der Waals surface area contributed by atoms with Gasteiger partial charge in [-0.2, -0.15) is 0 Å². The minimum atomic E-state index is -0.0115. The summed E-state index contributed by atoms with van der Waals surface area (Å²) in [6.45, 7) is 7.66. The Hall–Kier alpha value is 0.650. The summed E-state index contributed by atoms with van der Waals surface area (Å²) in [5.41, 5.74) is 0.0859. The standard InChI is InChI=1S/C13H23IO2/c1-4-13(10(2)14)8-6-11(16-13)12(3)7-5-9-15-12/h10-11H,4-9H2,1-3H3/t10-,11-,12+,13+/m1/s1. The molecule has 0 aromatic carbocycles. The maximum absolute atomic E-state index is 6.41. The molecule has 0 aliphatic carbocycles. The molecule has 0 N–H and O–H groups in total. The molecule has 2 rings (SSSR count). The van der Waals surface area contributed by atoms with Gasteiger partial charge in [-0.1, -0.05) is 36.4 Å². The van der Waals surface area contributed by atoms with E-state index in [9.17, 15) is 0 Å². The largest absolute Gasteiger partial charge is 0.373 e. The molecule has 3 heteroatoms. The summed E-state index contributed by atoms with van der Waals surface area (Å²) >= 11 is 2.51. The molecule has 2 aliphatic heterocycles. The second kappa shape index (κ2) is 4.73. The summed E-state index contributed by atoms with van der Waals surface area (Å²) in [6.07, 6.45) is 6.13. The van der Waals surface area contributed by atoms with Crippen molar-refractivity contribution in [1.29, 1.82) is 0 Å². The van der Waals surface area contributed by atoms with Gasteiger partial charge in [0.05, 0.1) is 17.3 Å². The normalized spacial score (nSPS) is 46.1. The summed E-state index contributed by atoms with van der Waals surface area (Å²) < 4.78 is 12.9. The molecule has 2 fully saturated rings. The van der Waals surface area contributed by atoms with E-state index in [0.717, 1.165) is 25.9 Å². The Bertz CT molecular complexity index is 248. The average Bonchev–Trinajstić information content (AvgIpc) is 2.85. The quantitative estimate of drug-likeness (QED) is 0.577. The minimum absolute atomic E-state index is 0.0115. The van der Waals surface area contributed by atoms with Crippen LogP contribution in [0.5, 0.6) is 0 Å². The van der Waals surface area contributed by atoms with E-state index >= 15 is 0 Å². The SMILES string of the molecule is CC[C@@]1([C@@H](C)I)CC[C@H]([C@]2(C)CCCO2)O1. The van der Waals surface area contributed by atoms with Crippen molar-refractivity contribution in [3.8, 4) is 0 Å². The van der Waals surface area contributed by atoms with E-state index < -0.39 is 0 Å².